The van der Waals surface area contributed by atoms with Crippen molar-refractivity contribution in [1.82, 2.24) is 0 Å². The Kier molecular flexibility index (Phi) is 8.78. The Morgan fingerprint density at radius 1 is 0.232 bits per heavy atom. The van der Waals surface area contributed by atoms with Crippen LogP contribution < -0.4 is 4.90 Å². The van der Waals surface area contributed by atoms with E-state index in [1.807, 2.05) is 0 Å². The highest BCUT2D eigenvalue weighted by atomic mass is 15.1. The molecule has 0 fully saturated rings. The van der Waals surface area contributed by atoms with E-state index in [-0.39, 0.29) is 0 Å². The Bertz CT molecular complexity index is 3690. The topological polar surface area (TPSA) is 3.24 Å². The van der Waals surface area contributed by atoms with E-state index in [2.05, 4.69) is 278 Å². The first-order chi connectivity index (χ1) is 34.3. The molecule has 0 heterocycles. The van der Waals surface area contributed by atoms with Crippen molar-refractivity contribution < 1.29 is 0 Å². The maximum absolute atomic E-state index is 2.57. The van der Waals surface area contributed by atoms with E-state index in [1.54, 1.807) is 0 Å². The zero-order chi connectivity index (χ0) is 45.5. The van der Waals surface area contributed by atoms with Gasteiger partial charge in [0.15, 0.2) is 0 Å². The molecule has 0 bridgehead atoms. The summed E-state index contributed by atoms with van der Waals surface area (Å²) in [7, 11) is 0. The number of rotatable bonds is 7. The Labute approximate surface area is 403 Å². The van der Waals surface area contributed by atoms with Crippen LogP contribution in [0, 0.1) is 0 Å². The van der Waals surface area contributed by atoms with Crippen LogP contribution in [0.25, 0.3) is 55.6 Å². The summed E-state index contributed by atoms with van der Waals surface area (Å²) in [5.74, 6) is 0. The molecule has 1 spiro atoms. The Morgan fingerprint density at radius 2 is 0.638 bits per heavy atom. The SMILES string of the molecule is c1ccc(-c2ccc(-c3ccccc3N(c3ccc4c(c3)-c3ccccc3C4(c3ccccc3)c3ccccc3)c3cccc4c3-c3ccccc3C43c4ccccc4-c4ccccc43)cc2)cc1. The third-order valence-corrected chi connectivity index (χ3v) is 15.4. The first-order valence-corrected chi connectivity index (χ1v) is 24.1. The van der Waals surface area contributed by atoms with Crippen molar-refractivity contribution in [1.29, 1.82) is 0 Å². The molecule has 0 unspecified atom stereocenters. The van der Waals surface area contributed by atoms with Gasteiger partial charge in [-0.2, -0.15) is 0 Å². The summed E-state index contributed by atoms with van der Waals surface area (Å²) in [6.45, 7) is 0. The number of para-hydroxylation sites is 1. The highest BCUT2D eigenvalue weighted by Crippen LogP contribution is 2.65. The fourth-order valence-electron chi connectivity index (χ4n) is 12.7. The lowest BCUT2D eigenvalue weighted by atomic mass is 9.68. The molecular weight excluding hydrogens is 831 g/mol. The molecule has 0 aromatic heterocycles. The molecule has 0 saturated heterocycles. The zero-order valence-electron chi connectivity index (χ0n) is 37.9. The van der Waals surface area contributed by atoms with Crippen LogP contribution in [-0.2, 0) is 10.8 Å². The van der Waals surface area contributed by atoms with E-state index in [4.69, 9.17) is 0 Å². The second kappa shape index (κ2) is 15.4. The van der Waals surface area contributed by atoms with Gasteiger partial charge in [0.2, 0.25) is 0 Å². The van der Waals surface area contributed by atoms with Crippen molar-refractivity contribution in [3.05, 3.63) is 317 Å². The van der Waals surface area contributed by atoms with Crippen molar-refractivity contribution >= 4 is 17.1 Å². The molecule has 0 amide bonds. The predicted octanol–water partition coefficient (Wildman–Crippen LogP) is 17.2. The summed E-state index contributed by atoms with van der Waals surface area (Å²) in [6, 6.07) is 102. The maximum Gasteiger partial charge on any atom is 0.0726 e. The second-order valence-electron chi connectivity index (χ2n) is 18.6. The molecule has 0 N–H and O–H groups in total. The average Bonchev–Trinajstić information content (AvgIpc) is 4.02. The predicted molar refractivity (Wildman–Crippen MR) is 286 cm³/mol. The minimum atomic E-state index is -0.501. The molecule has 0 atom stereocenters. The minimum Gasteiger partial charge on any atom is -0.309 e. The minimum absolute atomic E-state index is 0.477. The first kappa shape index (κ1) is 39.4. The van der Waals surface area contributed by atoms with E-state index in [1.165, 1.54) is 89.0 Å². The van der Waals surface area contributed by atoms with Crippen LogP contribution in [0.1, 0.15) is 44.5 Å². The third-order valence-electron chi connectivity index (χ3n) is 15.4. The van der Waals surface area contributed by atoms with Crippen molar-refractivity contribution in [2.24, 2.45) is 0 Å². The van der Waals surface area contributed by atoms with E-state index in [0.29, 0.717) is 0 Å². The van der Waals surface area contributed by atoms with E-state index in [0.717, 1.165) is 28.2 Å². The van der Waals surface area contributed by atoms with Gasteiger partial charge in [-0.3, -0.25) is 0 Å². The molecule has 14 rings (SSSR count). The number of fused-ring (bicyclic) bond motifs is 13. The number of hydrogen-bond donors (Lipinski definition) is 0. The molecule has 0 saturated carbocycles. The van der Waals surface area contributed by atoms with Crippen molar-refractivity contribution in [2.45, 2.75) is 10.8 Å². The standard InChI is InChI=1S/C68H45N/c1-4-21-46(22-5-1)47-39-41-48(42-40-47)52-27-14-19-37-64(52)69(51-43-44-62-57(45-51)55-30-12-15-32-58(55)67(62,49-23-6-2-7-24-49)50-25-8-3-9-26-50)65-38-20-36-63-66(65)56-31-13-18-35-61(56)68(63)59-33-16-10-28-53(59)54-29-11-17-34-60(54)68/h1-45H. The van der Waals surface area contributed by atoms with Crippen LogP contribution in [-0.4, -0.2) is 0 Å². The fraction of sp³-hybridized carbons (Fsp3) is 0.0294. The van der Waals surface area contributed by atoms with E-state index in [9.17, 15) is 0 Å². The van der Waals surface area contributed by atoms with Crippen LogP contribution in [0.2, 0.25) is 0 Å². The fourth-order valence-corrected chi connectivity index (χ4v) is 12.7. The quantitative estimate of drug-likeness (QED) is 0.154. The Morgan fingerprint density at radius 3 is 1.25 bits per heavy atom. The number of hydrogen-bond acceptors (Lipinski definition) is 1. The third kappa shape index (κ3) is 5.53. The maximum atomic E-state index is 2.57. The van der Waals surface area contributed by atoms with Gasteiger partial charge in [-0.15, -0.1) is 0 Å². The Balaban J connectivity index is 1.05. The summed E-state index contributed by atoms with van der Waals surface area (Å²) in [4.78, 5) is 2.57. The summed E-state index contributed by atoms with van der Waals surface area (Å²) in [5, 5.41) is 0. The molecule has 11 aromatic carbocycles. The largest absolute Gasteiger partial charge is 0.309 e. The highest BCUT2D eigenvalue weighted by molar-refractivity contribution is 6.03. The van der Waals surface area contributed by atoms with Crippen LogP contribution in [0.15, 0.2) is 273 Å². The molecule has 3 aliphatic carbocycles. The molecule has 3 aliphatic rings. The van der Waals surface area contributed by atoms with Gasteiger partial charge in [-0.1, -0.05) is 249 Å². The van der Waals surface area contributed by atoms with Gasteiger partial charge >= 0.3 is 0 Å². The Hall–Kier alpha value is -8.78. The molecule has 0 aliphatic heterocycles. The number of benzene rings is 11. The van der Waals surface area contributed by atoms with Gasteiger partial charge in [-0.25, -0.2) is 0 Å². The van der Waals surface area contributed by atoms with Crippen LogP contribution >= 0.6 is 0 Å². The lowest BCUT2D eigenvalue weighted by Gasteiger charge is -2.34. The molecule has 1 nitrogen and oxygen atoms in total. The lowest BCUT2D eigenvalue weighted by Crippen LogP contribution is -2.28. The molecule has 0 radical (unpaired) electrons. The lowest BCUT2D eigenvalue weighted by molar-refractivity contribution is 0.768. The average molecular weight is 876 g/mol. The normalized spacial score (nSPS) is 13.7. The highest BCUT2D eigenvalue weighted by Gasteiger charge is 2.52. The zero-order valence-corrected chi connectivity index (χ0v) is 37.9. The monoisotopic (exact) mass is 875 g/mol. The first-order valence-electron chi connectivity index (χ1n) is 24.1. The van der Waals surface area contributed by atoms with E-state index >= 15 is 0 Å². The second-order valence-corrected chi connectivity index (χ2v) is 18.6. The van der Waals surface area contributed by atoms with Gasteiger partial charge in [0, 0.05) is 16.8 Å². The summed E-state index contributed by atoms with van der Waals surface area (Å²) < 4.78 is 0. The smallest absolute Gasteiger partial charge is 0.0726 e. The number of anilines is 3. The van der Waals surface area contributed by atoms with Gasteiger partial charge in [0.1, 0.15) is 0 Å². The van der Waals surface area contributed by atoms with Crippen LogP contribution in [0.5, 0.6) is 0 Å². The summed E-state index contributed by atoms with van der Waals surface area (Å²) in [6.07, 6.45) is 0. The van der Waals surface area contributed by atoms with Crippen LogP contribution in [0.4, 0.5) is 17.1 Å². The van der Waals surface area contributed by atoms with Gasteiger partial charge < -0.3 is 4.90 Å². The summed E-state index contributed by atoms with van der Waals surface area (Å²) in [5.41, 5.74) is 25.2. The van der Waals surface area contributed by atoms with E-state index < -0.39 is 10.8 Å². The number of nitrogens with zero attached hydrogens (tertiary/aromatic N) is 1. The van der Waals surface area contributed by atoms with Crippen LogP contribution in [0.3, 0.4) is 0 Å². The summed E-state index contributed by atoms with van der Waals surface area (Å²) >= 11 is 0. The molecule has 322 valence electrons. The van der Waals surface area contributed by atoms with Gasteiger partial charge in [0.05, 0.1) is 22.2 Å². The van der Waals surface area contributed by atoms with Gasteiger partial charge in [0.25, 0.3) is 0 Å². The molecule has 1 heteroatoms. The van der Waals surface area contributed by atoms with Gasteiger partial charge in [-0.05, 0) is 113 Å². The molecular formula is C68H45N. The van der Waals surface area contributed by atoms with Crippen molar-refractivity contribution in [2.75, 3.05) is 4.90 Å². The molecule has 69 heavy (non-hydrogen) atoms. The molecule has 11 aromatic rings. The van der Waals surface area contributed by atoms with Crippen molar-refractivity contribution in [3.8, 4) is 55.6 Å². The van der Waals surface area contributed by atoms with Crippen molar-refractivity contribution in [3.63, 3.8) is 0 Å².